The number of hydrogen-bond donors (Lipinski definition) is 0. The number of nitrogens with zero attached hydrogens (tertiary/aromatic N) is 1. The van der Waals surface area contributed by atoms with E-state index in [1.165, 1.54) is 0 Å². The lowest BCUT2D eigenvalue weighted by Gasteiger charge is -1.99. The number of benzene rings is 1. The second-order valence-electron chi connectivity index (χ2n) is 3.63. The average Bonchev–Trinajstić information content (AvgIpc) is 2.63. The monoisotopic (exact) mass is 203 g/mol. The molecule has 3 nitrogen and oxygen atoms in total. The van der Waals surface area contributed by atoms with Crippen LogP contribution in [0.3, 0.4) is 0 Å². The first kappa shape index (κ1) is 9.90. The van der Waals surface area contributed by atoms with Crippen molar-refractivity contribution in [3.63, 3.8) is 0 Å². The number of hydrogen-bond acceptors (Lipinski definition) is 3. The van der Waals surface area contributed by atoms with E-state index in [1.807, 2.05) is 31.2 Å². The van der Waals surface area contributed by atoms with Gasteiger partial charge in [0.2, 0.25) is 0 Å². The number of aryl methyl sites for hydroxylation is 1. The van der Waals surface area contributed by atoms with Gasteiger partial charge in [-0.15, -0.1) is 0 Å². The zero-order valence-corrected chi connectivity index (χ0v) is 8.64. The van der Waals surface area contributed by atoms with Crippen LogP contribution in [0.5, 0.6) is 0 Å². The minimum atomic E-state index is -0.162. The molecule has 1 fully saturated rings. The Morgan fingerprint density at radius 2 is 2.27 bits per heavy atom. The second-order valence-corrected chi connectivity index (χ2v) is 3.63. The molecule has 15 heavy (non-hydrogen) atoms. The molecule has 0 amide bonds. The molecule has 0 radical (unpaired) electrons. The fourth-order valence-electron chi connectivity index (χ4n) is 1.53. The van der Waals surface area contributed by atoms with Gasteiger partial charge in [0.05, 0.1) is 18.2 Å². The predicted octanol–water partition coefficient (Wildman–Crippen LogP) is 2.26. The molecule has 1 aromatic rings. The molecule has 0 spiro atoms. The van der Waals surface area contributed by atoms with Crippen molar-refractivity contribution in [2.24, 2.45) is 10.9 Å². The first-order valence-electron chi connectivity index (χ1n) is 5.04. The molecule has 1 saturated heterocycles. The molecule has 1 aliphatic rings. The predicted molar refractivity (Wildman–Crippen MR) is 58.4 cm³/mol. The number of para-hydroxylation sites is 1. The third-order valence-electron chi connectivity index (χ3n) is 2.48. The molecule has 0 saturated carbocycles. The van der Waals surface area contributed by atoms with Gasteiger partial charge in [-0.2, -0.15) is 0 Å². The van der Waals surface area contributed by atoms with E-state index in [9.17, 15) is 4.79 Å². The first-order valence-corrected chi connectivity index (χ1v) is 5.04. The summed E-state index contributed by atoms with van der Waals surface area (Å²) >= 11 is 0. The normalized spacial score (nSPS) is 20.9. The van der Waals surface area contributed by atoms with Crippen molar-refractivity contribution in [3.05, 3.63) is 29.8 Å². The van der Waals surface area contributed by atoms with E-state index in [0.717, 1.165) is 17.7 Å². The Balaban J connectivity index is 2.11. The Bertz CT molecular complexity index is 398. The van der Waals surface area contributed by atoms with Gasteiger partial charge in [0, 0.05) is 6.21 Å². The fourth-order valence-corrected chi connectivity index (χ4v) is 1.53. The maximum Gasteiger partial charge on any atom is 0.314 e. The summed E-state index contributed by atoms with van der Waals surface area (Å²) in [6.45, 7) is 2.52. The fraction of sp³-hybridized carbons (Fsp3) is 0.333. The van der Waals surface area contributed by atoms with Crippen molar-refractivity contribution < 1.29 is 9.53 Å². The largest absolute Gasteiger partial charge is 0.465 e. The smallest absolute Gasteiger partial charge is 0.314 e. The molecule has 78 valence electrons. The van der Waals surface area contributed by atoms with Crippen molar-refractivity contribution in [1.29, 1.82) is 0 Å². The van der Waals surface area contributed by atoms with E-state index in [2.05, 4.69) is 4.99 Å². The van der Waals surface area contributed by atoms with Crippen LogP contribution in [0, 0.1) is 12.8 Å². The molecule has 0 aliphatic carbocycles. The summed E-state index contributed by atoms with van der Waals surface area (Å²) in [5, 5.41) is 0. The Kier molecular flexibility index (Phi) is 2.81. The van der Waals surface area contributed by atoms with E-state index in [4.69, 9.17) is 4.74 Å². The lowest BCUT2D eigenvalue weighted by molar-refractivity contribution is -0.139. The van der Waals surface area contributed by atoms with Crippen LogP contribution in [0.4, 0.5) is 5.69 Å². The topological polar surface area (TPSA) is 38.7 Å². The van der Waals surface area contributed by atoms with Crippen LogP contribution in [-0.2, 0) is 9.53 Å². The molecule has 0 N–H and O–H groups in total. The Labute approximate surface area is 88.8 Å². The number of esters is 1. The second kappa shape index (κ2) is 4.26. The van der Waals surface area contributed by atoms with Gasteiger partial charge in [0.1, 0.15) is 0 Å². The molecule has 0 aromatic heterocycles. The molecule has 1 heterocycles. The van der Waals surface area contributed by atoms with Crippen LogP contribution < -0.4 is 0 Å². The molecule has 1 aromatic carbocycles. The van der Waals surface area contributed by atoms with Gasteiger partial charge in [-0.05, 0) is 25.0 Å². The van der Waals surface area contributed by atoms with Gasteiger partial charge in [0.25, 0.3) is 0 Å². The number of carbonyl (C=O) groups is 1. The summed E-state index contributed by atoms with van der Waals surface area (Å²) in [5.41, 5.74) is 2.03. The lowest BCUT2D eigenvalue weighted by Crippen LogP contribution is -2.08. The third kappa shape index (κ3) is 2.24. The summed E-state index contributed by atoms with van der Waals surface area (Å²) in [7, 11) is 0. The van der Waals surface area contributed by atoms with Gasteiger partial charge >= 0.3 is 5.97 Å². The summed E-state index contributed by atoms with van der Waals surface area (Å²) in [6.07, 6.45) is 2.44. The van der Waals surface area contributed by atoms with Crippen LogP contribution in [0.1, 0.15) is 12.0 Å². The summed E-state index contributed by atoms with van der Waals surface area (Å²) in [5.74, 6) is -0.322. The van der Waals surface area contributed by atoms with Crippen LogP contribution in [0.15, 0.2) is 29.3 Å². The number of cyclic esters (lactones) is 1. The van der Waals surface area contributed by atoms with Crippen molar-refractivity contribution in [2.75, 3.05) is 6.61 Å². The molecule has 1 aliphatic heterocycles. The quantitative estimate of drug-likeness (QED) is 0.546. The molecule has 1 atom stereocenters. The molecule has 0 bridgehead atoms. The van der Waals surface area contributed by atoms with Gasteiger partial charge in [-0.1, -0.05) is 18.2 Å². The molecular weight excluding hydrogens is 190 g/mol. The van der Waals surface area contributed by atoms with E-state index >= 15 is 0 Å². The zero-order valence-electron chi connectivity index (χ0n) is 8.64. The van der Waals surface area contributed by atoms with Gasteiger partial charge in [-0.25, -0.2) is 0 Å². The lowest BCUT2D eigenvalue weighted by atomic mass is 10.1. The Morgan fingerprint density at radius 3 is 2.93 bits per heavy atom. The van der Waals surface area contributed by atoms with Gasteiger partial charge < -0.3 is 4.74 Å². The first-order chi connectivity index (χ1) is 7.27. The van der Waals surface area contributed by atoms with Crippen molar-refractivity contribution in [2.45, 2.75) is 13.3 Å². The highest BCUT2D eigenvalue weighted by Gasteiger charge is 2.24. The average molecular weight is 203 g/mol. The Hall–Kier alpha value is -1.64. The van der Waals surface area contributed by atoms with E-state index in [1.54, 1.807) is 6.21 Å². The van der Waals surface area contributed by atoms with Gasteiger partial charge in [-0.3, -0.25) is 9.79 Å². The number of ether oxygens (including phenoxy) is 1. The number of carbonyl (C=O) groups excluding carboxylic acids is 1. The summed E-state index contributed by atoms with van der Waals surface area (Å²) in [4.78, 5) is 15.5. The summed E-state index contributed by atoms with van der Waals surface area (Å²) in [6, 6.07) is 7.84. The standard InChI is InChI=1S/C12H13NO2/c1-9-4-2-3-5-11(9)13-8-10-6-7-15-12(10)14/h2-5,8,10H,6-7H2,1H3. The minimum Gasteiger partial charge on any atom is -0.465 e. The van der Waals surface area contributed by atoms with Crippen LogP contribution >= 0.6 is 0 Å². The van der Waals surface area contributed by atoms with Gasteiger partial charge in [0.15, 0.2) is 0 Å². The number of aliphatic imine (C=N–C) groups is 1. The minimum absolute atomic E-state index is 0.160. The molecular formula is C12H13NO2. The van der Waals surface area contributed by atoms with Crippen LogP contribution in [0.2, 0.25) is 0 Å². The maximum absolute atomic E-state index is 11.2. The third-order valence-corrected chi connectivity index (χ3v) is 2.48. The highest BCUT2D eigenvalue weighted by atomic mass is 16.5. The molecule has 3 heteroatoms. The van der Waals surface area contributed by atoms with Crippen molar-refractivity contribution in [1.82, 2.24) is 0 Å². The molecule has 1 unspecified atom stereocenters. The Morgan fingerprint density at radius 1 is 1.47 bits per heavy atom. The van der Waals surface area contributed by atoms with E-state index in [-0.39, 0.29) is 11.9 Å². The maximum atomic E-state index is 11.2. The highest BCUT2D eigenvalue weighted by molar-refractivity contribution is 5.92. The van der Waals surface area contributed by atoms with Crippen molar-refractivity contribution in [3.8, 4) is 0 Å². The SMILES string of the molecule is Cc1ccccc1N=CC1CCOC1=O. The zero-order chi connectivity index (χ0) is 10.7. The molecule has 2 rings (SSSR count). The highest BCUT2D eigenvalue weighted by Crippen LogP contribution is 2.19. The van der Waals surface area contributed by atoms with Crippen LogP contribution in [0.25, 0.3) is 0 Å². The summed E-state index contributed by atoms with van der Waals surface area (Å²) < 4.78 is 4.85. The van der Waals surface area contributed by atoms with Crippen molar-refractivity contribution >= 4 is 17.9 Å². The van der Waals surface area contributed by atoms with Crippen LogP contribution in [-0.4, -0.2) is 18.8 Å². The van der Waals surface area contributed by atoms with E-state index < -0.39 is 0 Å². The number of rotatable bonds is 2. The van der Waals surface area contributed by atoms with E-state index in [0.29, 0.717) is 6.61 Å².